The smallest absolute Gasteiger partial charge is 0.318 e. The fourth-order valence-electron chi connectivity index (χ4n) is 3.17. The maximum absolute atomic E-state index is 13.0. The van der Waals surface area contributed by atoms with Gasteiger partial charge in [0, 0.05) is 10.6 Å². The van der Waals surface area contributed by atoms with E-state index in [-0.39, 0.29) is 12.1 Å². The summed E-state index contributed by atoms with van der Waals surface area (Å²) < 4.78 is 5.77. The van der Waals surface area contributed by atoms with E-state index >= 15 is 0 Å². The molecule has 1 N–H and O–H groups in total. The molecule has 5 nitrogen and oxygen atoms in total. The monoisotopic (exact) mass is 387 g/mol. The van der Waals surface area contributed by atoms with E-state index in [1.165, 1.54) is 0 Å². The van der Waals surface area contributed by atoms with E-state index in [9.17, 15) is 4.79 Å². The van der Waals surface area contributed by atoms with Crippen LogP contribution in [0.5, 0.6) is 5.75 Å². The van der Waals surface area contributed by atoms with Crippen LogP contribution >= 0.6 is 11.6 Å². The molecule has 0 radical (unpaired) electrons. The molecule has 0 aliphatic carbocycles. The lowest BCUT2D eigenvalue weighted by Gasteiger charge is -2.26. The van der Waals surface area contributed by atoms with Crippen molar-refractivity contribution in [2.45, 2.75) is 19.0 Å². The average molecular weight is 388 g/mol. The minimum atomic E-state index is -0.0842. The average Bonchev–Trinajstić information content (AvgIpc) is 2.87. The lowest BCUT2D eigenvalue weighted by atomic mass is 10.0. The van der Waals surface area contributed by atoms with Gasteiger partial charge in [-0.25, -0.2) is 4.79 Å². The van der Waals surface area contributed by atoms with Crippen LogP contribution in [0.4, 0.5) is 4.79 Å². The fraction of sp³-hybridized carbons (Fsp3) is 0.381. The number of nitrogens with one attached hydrogen (secondary N) is 1. The first-order valence-corrected chi connectivity index (χ1v) is 9.57. The lowest BCUT2D eigenvalue weighted by molar-refractivity contribution is 0.182. The van der Waals surface area contributed by atoms with E-state index in [4.69, 9.17) is 16.3 Å². The highest BCUT2D eigenvalue weighted by molar-refractivity contribution is 6.30. The van der Waals surface area contributed by atoms with Crippen LogP contribution in [0.1, 0.15) is 23.6 Å². The Bertz CT molecular complexity index is 767. The standard InChI is InChI=1S/C21H26ClN3O2/c1-24(2)11-10-19(16-6-4-3-5-7-16)23-21(26)25-12-13-27-20-9-8-18(22)14-17(20)15-25/h3-9,14,19H,10-13,15H2,1-2H3,(H,23,26)/t19-/m1/s1. The van der Waals surface area contributed by atoms with Crippen LogP contribution < -0.4 is 10.1 Å². The van der Waals surface area contributed by atoms with Gasteiger partial charge in [0.2, 0.25) is 0 Å². The number of carbonyl (C=O) groups is 1. The van der Waals surface area contributed by atoms with Crippen LogP contribution in [0.25, 0.3) is 0 Å². The topological polar surface area (TPSA) is 44.8 Å². The summed E-state index contributed by atoms with van der Waals surface area (Å²) in [5.74, 6) is 0.793. The summed E-state index contributed by atoms with van der Waals surface area (Å²) in [5.41, 5.74) is 2.04. The number of benzene rings is 2. The molecule has 0 unspecified atom stereocenters. The summed E-state index contributed by atoms with van der Waals surface area (Å²) in [6.07, 6.45) is 0.843. The van der Waals surface area contributed by atoms with Gasteiger partial charge in [-0.3, -0.25) is 0 Å². The summed E-state index contributed by atoms with van der Waals surface area (Å²) in [6, 6.07) is 15.5. The van der Waals surface area contributed by atoms with Crippen LogP contribution in [-0.4, -0.2) is 49.6 Å². The number of nitrogens with zero attached hydrogens (tertiary/aromatic N) is 2. The zero-order valence-corrected chi connectivity index (χ0v) is 16.6. The second kappa shape index (κ2) is 9.11. The first-order valence-electron chi connectivity index (χ1n) is 9.19. The van der Waals surface area contributed by atoms with Gasteiger partial charge in [-0.05, 0) is 50.8 Å². The van der Waals surface area contributed by atoms with Crippen LogP contribution in [0.15, 0.2) is 48.5 Å². The summed E-state index contributed by atoms with van der Waals surface area (Å²) >= 11 is 6.11. The van der Waals surface area contributed by atoms with Crippen molar-refractivity contribution in [2.24, 2.45) is 0 Å². The molecule has 6 heteroatoms. The minimum absolute atomic E-state index is 0.0379. The van der Waals surface area contributed by atoms with Crippen LogP contribution in [0, 0.1) is 0 Å². The van der Waals surface area contributed by atoms with E-state index < -0.39 is 0 Å². The number of urea groups is 1. The quantitative estimate of drug-likeness (QED) is 0.845. The number of hydrogen-bond donors (Lipinski definition) is 1. The Morgan fingerprint density at radius 3 is 2.78 bits per heavy atom. The molecule has 0 spiro atoms. The van der Waals surface area contributed by atoms with Crippen LogP contribution in [0.3, 0.4) is 0 Å². The SMILES string of the molecule is CN(C)CC[C@@H](NC(=O)N1CCOc2ccc(Cl)cc2C1)c1ccccc1. The molecule has 1 heterocycles. The van der Waals surface area contributed by atoms with Gasteiger partial charge >= 0.3 is 6.03 Å². The number of amides is 2. The van der Waals surface area contributed by atoms with Gasteiger partial charge in [0.1, 0.15) is 12.4 Å². The third-order valence-electron chi connectivity index (χ3n) is 4.65. The first kappa shape index (κ1) is 19.5. The van der Waals surface area contributed by atoms with E-state index in [2.05, 4.69) is 22.3 Å². The largest absolute Gasteiger partial charge is 0.491 e. The number of carbonyl (C=O) groups excluding carboxylic acids is 1. The van der Waals surface area contributed by atoms with E-state index in [1.54, 1.807) is 4.90 Å². The Morgan fingerprint density at radius 1 is 1.26 bits per heavy atom. The van der Waals surface area contributed by atoms with Gasteiger partial charge in [0.25, 0.3) is 0 Å². The molecule has 0 bridgehead atoms. The number of fused-ring (bicyclic) bond motifs is 1. The molecule has 3 rings (SSSR count). The molecule has 2 aromatic rings. The number of halogens is 1. The molecule has 27 heavy (non-hydrogen) atoms. The van der Waals surface area contributed by atoms with E-state index in [1.807, 2.05) is 50.5 Å². The van der Waals surface area contributed by atoms with Crippen molar-refractivity contribution in [2.75, 3.05) is 33.8 Å². The second-order valence-corrected chi connectivity index (χ2v) is 7.46. The number of rotatable bonds is 5. The van der Waals surface area contributed by atoms with Gasteiger partial charge in [-0.1, -0.05) is 41.9 Å². The summed E-state index contributed by atoms with van der Waals surface area (Å²) in [4.78, 5) is 16.9. The fourth-order valence-corrected chi connectivity index (χ4v) is 3.37. The Hall–Kier alpha value is -2.24. The predicted molar refractivity (Wildman–Crippen MR) is 108 cm³/mol. The molecule has 2 amide bonds. The highest BCUT2D eigenvalue weighted by Gasteiger charge is 2.23. The third kappa shape index (κ3) is 5.37. The Labute approximate surface area is 165 Å². The minimum Gasteiger partial charge on any atom is -0.491 e. The maximum atomic E-state index is 13.0. The molecular weight excluding hydrogens is 362 g/mol. The highest BCUT2D eigenvalue weighted by Crippen LogP contribution is 2.26. The molecule has 1 aliphatic rings. The molecule has 1 atom stereocenters. The van der Waals surface area contributed by atoms with E-state index in [0.29, 0.717) is 24.7 Å². The molecular formula is C21H26ClN3O2. The van der Waals surface area contributed by atoms with Crippen molar-refractivity contribution in [1.29, 1.82) is 0 Å². The summed E-state index contributed by atoms with van der Waals surface area (Å²) in [5, 5.41) is 3.85. The lowest BCUT2D eigenvalue weighted by Crippen LogP contribution is -2.42. The van der Waals surface area contributed by atoms with Gasteiger partial charge < -0.3 is 19.9 Å². The van der Waals surface area contributed by atoms with E-state index in [0.717, 1.165) is 29.8 Å². The Morgan fingerprint density at radius 2 is 2.04 bits per heavy atom. The van der Waals surface area contributed by atoms with Crippen molar-refractivity contribution in [3.05, 3.63) is 64.7 Å². The molecule has 0 saturated heterocycles. The van der Waals surface area contributed by atoms with Crippen molar-refractivity contribution in [3.8, 4) is 5.75 Å². The first-order chi connectivity index (χ1) is 13.0. The van der Waals surface area contributed by atoms with Gasteiger partial charge in [0.05, 0.1) is 19.1 Å². The zero-order valence-electron chi connectivity index (χ0n) is 15.8. The van der Waals surface area contributed by atoms with Crippen molar-refractivity contribution >= 4 is 17.6 Å². The van der Waals surface area contributed by atoms with Crippen LogP contribution in [-0.2, 0) is 6.54 Å². The Kier molecular flexibility index (Phi) is 6.58. The summed E-state index contributed by atoms with van der Waals surface area (Å²) in [6.45, 7) is 2.38. The van der Waals surface area contributed by atoms with Gasteiger partial charge in [-0.2, -0.15) is 0 Å². The maximum Gasteiger partial charge on any atom is 0.318 e. The summed E-state index contributed by atoms with van der Waals surface area (Å²) in [7, 11) is 4.08. The van der Waals surface area contributed by atoms with Gasteiger partial charge in [0.15, 0.2) is 0 Å². The molecule has 144 valence electrons. The zero-order chi connectivity index (χ0) is 19.2. The second-order valence-electron chi connectivity index (χ2n) is 7.03. The van der Waals surface area contributed by atoms with Crippen molar-refractivity contribution in [1.82, 2.24) is 15.1 Å². The molecule has 0 aromatic heterocycles. The predicted octanol–water partition coefficient (Wildman–Crippen LogP) is 3.94. The van der Waals surface area contributed by atoms with Crippen molar-refractivity contribution in [3.63, 3.8) is 0 Å². The van der Waals surface area contributed by atoms with Crippen LogP contribution in [0.2, 0.25) is 5.02 Å². The number of hydrogen-bond acceptors (Lipinski definition) is 3. The van der Waals surface area contributed by atoms with Gasteiger partial charge in [-0.15, -0.1) is 0 Å². The highest BCUT2D eigenvalue weighted by atomic mass is 35.5. The normalized spacial score (nSPS) is 14.9. The van der Waals surface area contributed by atoms with Crippen molar-refractivity contribution < 1.29 is 9.53 Å². The molecule has 1 aliphatic heterocycles. The Balaban J connectivity index is 1.72. The molecule has 0 fully saturated rings. The molecule has 0 saturated carbocycles. The molecule has 2 aromatic carbocycles. The third-order valence-corrected chi connectivity index (χ3v) is 4.89. The number of ether oxygens (including phenoxy) is 1.